The molecule has 0 amide bonds. The number of fused-ring (bicyclic) bond motifs is 10. The molecule has 0 atom stereocenters. The molecule has 0 saturated heterocycles. The number of carbonyl (C=O) groups excluding carboxylic acids is 2. The van der Waals surface area contributed by atoms with Crippen LogP contribution in [-0.2, 0) is 47.9 Å². The molecule has 10 aromatic rings. The van der Waals surface area contributed by atoms with Gasteiger partial charge in [0.1, 0.15) is 23.0 Å². The van der Waals surface area contributed by atoms with Crippen molar-refractivity contribution in [3.63, 3.8) is 0 Å². The minimum atomic E-state index is -4.81. The van der Waals surface area contributed by atoms with Crippen LogP contribution in [0.4, 0.5) is 0 Å². The quantitative estimate of drug-likeness (QED) is 0.0465. The zero-order valence-electron chi connectivity index (χ0n) is 53.6. The van der Waals surface area contributed by atoms with E-state index in [-0.39, 0.29) is 119 Å². The SMILES string of the molecule is O.O=C1Cc2ccccc2Sc2ccccc21.O=CO[O-].O=P(Cl)(Cl)Cl.O=P(O)(OC1=Cc2ccccc2Sc2ccccc21)OC1=Cc2ccccc2Sc2ccccc21.O=P([O-])(OC1=Cc2ccccc2Sc2ccccc21)OC1=Cc2ccccc2Sc2ccccc21.[H-].[Na+].[Na+].[Na+]. The van der Waals surface area contributed by atoms with Crippen molar-refractivity contribution in [3.05, 3.63) is 298 Å². The fourth-order valence-electron chi connectivity index (χ4n) is 9.91. The van der Waals surface area contributed by atoms with Crippen LogP contribution in [0.25, 0.3) is 47.3 Å². The number of ketones is 1. The first-order valence-electron chi connectivity index (χ1n) is 28.4. The Bertz CT molecular complexity index is 4390. The van der Waals surface area contributed by atoms with Gasteiger partial charge in [0.25, 0.3) is 6.47 Å². The third-order valence-electron chi connectivity index (χ3n) is 13.9. The molecule has 99 heavy (non-hydrogen) atoms. The molecular weight excluding hydrogens is 1510 g/mol. The first-order chi connectivity index (χ1) is 45.9. The summed E-state index contributed by atoms with van der Waals surface area (Å²) in [4.78, 5) is 57.7. The van der Waals surface area contributed by atoms with Gasteiger partial charge in [-0.2, -0.15) is 0 Å². The van der Waals surface area contributed by atoms with E-state index in [4.69, 9.17) is 28.1 Å². The van der Waals surface area contributed by atoms with Gasteiger partial charge in [-0.05, 0) is 147 Å². The van der Waals surface area contributed by atoms with Crippen molar-refractivity contribution in [2.24, 2.45) is 0 Å². The minimum Gasteiger partial charge on any atom is -1.00 e. The number of rotatable bonds is 9. The van der Waals surface area contributed by atoms with E-state index in [1.54, 1.807) is 83.1 Å². The van der Waals surface area contributed by atoms with Gasteiger partial charge in [0, 0.05) is 83.2 Å². The number of hydrogen-bond acceptors (Lipinski definition) is 17. The summed E-state index contributed by atoms with van der Waals surface area (Å²) in [7, 11) is -9.37. The van der Waals surface area contributed by atoms with Gasteiger partial charge in [0.15, 0.2) is 5.78 Å². The predicted molar refractivity (Wildman–Crippen MR) is 383 cm³/mol. The maximum atomic E-state index is 13.4. The number of Topliss-reactive ketones (excluding diaryl/α,β-unsaturated/α-hetero) is 1. The Morgan fingerprint density at radius 3 is 0.909 bits per heavy atom. The molecule has 0 fully saturated rings. The van der Waals surface area contributed by atoms with E-state index in [2.05, 4.69) is 44.7 Å². The van der Waals surface area contributed by atoms with Crippen molar-refractivity contribution in [2.75, 3.05) is 0 Å². The molecule has 0 radical (unpaired) electrons. The zero-order valence-corrected chi connectivity index (χ0v) is 67.6. The van der Waals surface area contributed by atoms with Gasteiger partial charge in [-0.15, -0.1) is 0 Å². The fourth-order valence-corrected chi connectivity index (χ4v) is 16.9. The van der Waals surface area contributed by atoms with E-state index in [1.165, 1.54) is 4.90 Å². The fraction of sp³-hybridized carbons (Fsp3) is 0.0141. The Morgan fingerprint density at radius 1 is 0.384 bits per heavy atom. The standard InChI is InChI=1S/2C28H19O4PS2.C14H10OS.CH2O3.Cl3OP.3Na.H2O.H/c2*29-33(30,31-23-17-19-9-1-5-13-25(19)34-27-15-7-3-11-21(23)27)32-24-18-20-10-2-6-14-26(20)35-28-16-8-4-12-22(24)28;15-12-9-10-5-1-3-7-13(10)16-14-8-4-2-6-11(12)14;2-1-4-3;1-5(2,3)4;;;;;/h2*1-18H,(H,29,30);1-8H,9H2;1,3H;;;;;1H2;/q;;;;;3*+1;;-1/p-2. The topological polar surface area (TPSA) is 229 Å². The summed E-state index contributed by atoms with van der Waals surface area (Å²) < 4.78 is 59.2. The number of phosphoric acid groups is 2. The molecule has 0 saturated carbocycles. The van der Waals surface area contributed by atoms with E-state index in [9.17, 15) is 28.3 Å². The molecule has 488 valence electrons. The average Bonchev–Trinajstić information content (AvgIpc) is 1.62. The van der Waals surface area contributed by atoms with Crippen LogP contribution in [0.3, 0.4) is 0 Å². The molecule has 0 unspecified atom stereocenters. The Balaban J connectivity index is 0.000000228. The number of halogens is 3. The smallest absolute Gasteiger partial charge is 1.00 e. The van der Waals surface area contributed by atoms with E-state index < -0.39 is 20.8 Å². The van der Waals surface area contributed by atoms with Crippen LogP contribution in [0.15, 0.2) is 292 Å². The number of carbonyl (C=O) groups is 2. The van der Waals surface area contributed by atoms with E-state index in [0.29, 0.717) is 29.1 Å². The van der Waals surface area contributed by atoms with Gasteiger partial charge in [-0.1, -0.05) is 241 Å². The summed E-state index contributed by atoms with van der Waals surface area (Å²) in [6, 6.07) is 77.9. The first kappa shape index (κ1) is 81.9. The maximum Gasteiger partial charge on any atom is 1.00 e. The Kier molecular flexibility index (Phi) is 31.8. The second-order valence-electron chi connectivity index (χ2n) is 20.3. The van der Waals surface area contributed by atoms with Crippen molar-refractivity contribution in [1.29, 1.82) is 0 Å². The van der Waals surface area contributed by atoms with Crippen LogP contribution in [-0.4, -0.2) is 22.6 Å². The molecule has 0 aliphatic carbocycles. The molecule has 28 heteroatoms. The molecule has 15 rings (SSSR count). The van der Waals surface area contributed by atoms with Crippen molar-refractivity contribution in [1.82, 2.24) is 0 Å². The normalized spacial score (nSPS) is 13.0. The van der Waals surface area contributed by atoms with Gasteiger partial charge in [-0.25, -0.2) is 9.13 Å². The summed E-state index contributed by atoms with van der Waals surface area (Å²) in [5.41, 5.74) is 8.44. The third-order valence-corrected chi connectivity index (χ3v) is 21.5. The largest absolute Gasteiger partial charge is 1.00 e. The van der Waals surface area contributed by atoms with Gasteiger partial charge in [0.05, 0.1) is 0 Å². The van der Waals surface area contributed by atoms with Crippen LogP contribution >= 0.6 is 113 Å². The van der Waals surface area contributed by atoms with Crippen LogP contribution in [0.1, 0.15) is 61.9 Å². The van der Waals surface area contributed by atoms with Gasteiger partial charge in [-0.3, -0.25) is 19.0 Å². The molecule has 0 spiro atoms. The van der Waals surface area contributed by atoms with Gasteiger partial charge < -0.3 is 40.0 Å². The molecule has 5 aliphatic rings. The van der Waals surface area contributed by atoms with Crippen molar-refractivity contribution >= 4 is 173 Å². The van der Waals surface area contributed by atoms with Crippen LogP contribution in [0.2, 0.25) is 0 Å². The zero-order chi connectivity index (χ0) is 66.5. The summed E-state index contributed by atoms with van der Waals surface area (Å²) in [6.45, 7) is -0.181. The van der Waals surface area contributed by atoms with Crippen LogP contribution in [0, 0.1) is 0 Å². The monoisotopic (exact) mass is 1550 g/mol. The van der Waals surface area contributed by atoms with Gasteiger partial charge in [0.2, 0.25) is 0 Å². The Morgan fingerprint density at radius 2 is 0.606 bits per heavy atom. The molecule has 5 heterocycles. The summed E-state index contributed by atoms with van der Waals surface area (Å²) >= 11 is 21.9. The molecule has 10 aromatic carbocycles. The number of benzene rings is 10. The Labute approximate surface area is 675 Å². The molecule has 5 aliphatic heterocycles. The summed E-state index contributed by atoms with van der Waals surface area (Å²) in [6.07, 6.45) is 7.60. The first-order valence-corrected chi connectivity index (χ1v) is 39.9. The number of hydrogen-bond donors (Lipinski definition) is 1. The van der Waals surface area contributed by atoms with E-state index in [1.807, 2.05) is 237 Å². The molecule has 14 nitrogen and oxygen atoms in total. The predicted octanol–water partition coefficient (Wildman–Crippen LogP) is 11.4. The molecule has 0 aromatic heterocycles. The van der Waals surface area contributed by atoms with Gasteiger partial charge >= 0.3 is 110 Å². The van der Waals surface area contributed by atoms with Crippen molar-refractivity contribution in [2.45, 2.75) is 55.4 Å². The van der Waals surface area contributed by atoms with E-state index >= 15 is 0 Å². The maximum absolute atomic E-state index is 13.4. The molecular formula is C71H51Cl3Na3O14P3S5. The van der Waals surface area contributed by atoms with Crippen molar-refractivity contribution < 1.29 is 157 Å². The third kappa shape index (κ3) is 22.6. The Hall–Kier alpha value is -4.35. The second kappa shape index (κ2) is 38.4. The van der Waals surface area contributed by atoms with E-state index in [0.717, 1.165) is 88.6 Å². The molecule has 0 bridgehead atoms. The molecule has 3 N–H and O–H groups in total. The number of phosphoric ester groups is 2. The summed E-state index contributed by atoms with van der Waals surface area (Å²) in [5, 5.41) is 5.21. The minimum absolute atomic E-state index is 0. The summed E-state index contributed by atoms with van der Waals surface area (Å²) in [5.74, 6) is 1.26. The van der Waals surface area contributed by atoms with Crippen LogP contribution < -0.4 is 98.8 Å². The van der Waals surface area contributed by atoms with Crippen LogP contribution in [0.5, 0.6) is 0 Å². The second-order valence-corrected chi connectivity index (χ2v) is 34.9. The average molecular weight is 1560 g/mol. The van der Waals surface area contributed by atoms with Crippen molar-refractivity contribution in [3.8, 4) is 0 Å².